The number of carbonyl (C=O) groups is 1. The van der Waals surface area contributed by atoms with Crippen LogP contribution in [0.3, 0.4) is 0 Å². The highest BCUT2D eigenvalue weighted by atomic mass is 19.1. The molecule has 0 saturated carbocycles. The van der Waals surface area contributed by atoms with Gasteiger partial charge in [-0.25, -0.2) is 9.18 Å². The maximum absolute atomic E-state index is 14.6. The maximum Gasteiger partial charge on any atom is 0.343 e. The molecular weight excluding hydrogens is 455 g/mol. The Balaban J connectivity index is 1.69. The highest BCUT2D eigenvalue weighted by molar-refractivity contribution is 5.92. The lowest BCUT2D eigenvalue weighted by atomic mass is 9.83. The minimum absolute atomic E-state index is 0.0877. The molecule has 0 aliphatic carbocycles. The normalized spacial score (nSPS) is 14.3. The summed E-state index contributed by atoms with van der Waals surface area (Å²) in [5.41, 5.74) is 7.01. The Morgan fingerprint density at radius 2 is 1.69 bits per heavy atom. The van der Waals surface area contributed by atoms with Crippen LogP contribution in [0.1, 0.15) is 27.4 Å². The van der Waals surface area contributed by atoms with Gasteiger partial charge >= 0.3 is 5.97 Å². The van der Waals surface area contributed by atoms with Gasteiger partial charge in [-0.3, -0.25) is 0 Å². The van der Waals surface area contributed by atoms with E-state index in [9.17, 15) is 14.4 Å². The van der Waals surface area contributed by atoms with Crippen LogP contribution in [-0.2, 0) is 0 Å². The molecule has 0 radical (unpaired) electrons. The summed E-state index contributed by atoms with van der Waals surface area (Å²) in [6.45, 7) is 0. The number of nitrogens with two attached hydrogens (primary N) is 1. The SMILES string of the molecule is COc1cc(C(=O)Oc2ccc3c(c2)OC(N)=C(C#N)C3c2ccccc2F)cc(OC)c1OC. The molecule has 1 unspecified atom stereocenters. The van der Waals surface area contributed by atoms with Gasteiger partial charge in [0, 0.05) is 17.2 Å². The summed E-state index contributed by atoms with van der Waals surface area (Å²) in [4.78, 5) is 12.9. The van der Waals surface area contributed by atoms with Crippen molar-refractivity contribution in [1.82, 2.24) is 0 Å². The number of nitrogens with zero attached hydrogens (tertiary/aromatic N) is 1. The fraction of sp³-hybridized carbons (Fsp3) is 0.154. The number of hydrogen-bond acceptors (Lipinski definition) is 8. The van der Waals surface area contributed by atoms with Crippen LogP contribution in [0.2, 0.25) is 0 Å². The van der Waals surface area contributed by atoms with E-state index < -0.39 is 17.7 Å². The summed E-state index contributed by atoms with van der Waals surface area (Å²) in [5, 5.41) is 9.64. The fourth-order valence-corrected chi connectivity index (χ4v) is 3.89. The van der Waals surface area contributed by atoms with Gasteiger partial charge in [-0.05, 0) is 24.3 Å². The van der Waals surface area contributed by atoms with E-state index in [4.69, 9.17) is 29.4 Å². The number of allylic oxidation sites excluding steroid dienone is 1. The van der Waals surface area contributed by atoms with Crippen LogP contribution in [0, 0.1) is 17.1 Å². The quantitative estimate of drug-likeness (QED) is 0.414. The predicted octanol–water partition coefficient (Wildman–Crippen LogP) is 4.29. The largest absolute Gasteiger partial charge is 0.493 e. The first-order valence-corrected chi connectivity index (χ1v) is 10.4. The van der Waals surface area contributed by atoms with Crippen LogP contribution in [0.5, 0.6) is 28.7 Å². The Bertz CT molecular complexity index is 1350. The lowest BCUT2D eigenvalue weighted by Gasteiger charge is -2.27. The molecule has 9 heteroatoms. The number of nitriles is 1. The molecule has 8 nitrogen and oxygen atoms in total. The number of ether oxygens (including phenoxy) is 5. The summed E-state index contributed by atoms with van der Waals surface area (Å²) in [5.74, 6) is -0.775. The Hall–Kier alpha value is -4.71. The molecule has 0 amide bonds. The molecule has 178 valence electrons. The predicted molar refractivity (Wildman–Crippen MR) is 123 cm³/mol. The number of methoxy groups -OCH3 is 3. The number of fused-ring (bicyclic) bond motifs is 1. The number of hydrogen-bond donors (Lipinski definition) is 1. The Kier molecular flexibility index (Phi) is 6.46. The third-order valence-corrected chi connectivity index (χ3v) is 5.52. The molecule has 3 aromatic carbocycles. The van der Waals surface area contributed by atoms with E-state index >= 15 is 0 Å². The van der Waals surface area contributed by atoms with Crippen LogP contribution in [0.25, 0.3) is 0 Å². The molecule has 0 bridgehead atoms. The monoisotopic (exact) mass is 476 g/mol. The lowest BCUT2D eigenvalue weighted by molar-refractivity contribution is 0.0733. The van der Waals surface area contributed by atoms with Crippen molar-refractivity contribution in [3.8, 4) is 34.8 Å². The zero-order valence-electron chi connectivity index (χ0n) is 19.1. The average Bonchev–Trinajstić information content (AvgIpc) is 2.87. The van der Waals surface area contributed by atoms with Crippen molar-refractivity contribution in [2.24, 2.45) is 5.73 Å². The molecular formula is C26H21FN2O6. The molecule has 1 heterocycles. The average molecular weight is 476 g/mol. The summed E-state index contributed by atoms with van der Waals surface area (Å²) in [6.07, 6.45) is 0. The molecule has 1 aliphatic rings. The van der Waals surface area contributed by atoms with Gasteiger partial charge in [0.15, 0.2) is 11.5 Å². The van der Waals surface area contributed by atoms with Crippen molar-refractivity contribution in [2.75, 3.05) is 21.3 Å². The Labute approximate surface area is 200 Å². The van der Waals surface area contributed by atoms with Crippen molar-refractivity contribution in [3.63, 3.8) is 0 Å². The topological polar surface area (TPSA) is 113 Å². The minimum atomic E-state index is -0.773. The molecule has 2 N–H and O–H groups in total. The second kappa shape index (κ2) is 9.65. The summed E-state index contributed by atoms with van der Waals surface area (Å²) >= 11 is 0. The first-order valence-electron chi connectivity index (χ1n) is 10.4. The van der Waals surface area contributed by atoms with Crippen LogP contribution in [0.15, 0.2) is 66.1 Å². The van der Waals surface area contributed by atoms with E-state index in [0.717, 1.165) is 0 Å². The van der Waals surface area contributed by atoms with E-state index in [0.29, 0.717) is 22.8 Å². The first-order chi connectivity index (χ1) is 16.9. The number of rotatable bonds is 6. The van der Waals surface area contributed by atoms with E-state index in [1.165, 1.54) is 51.7 Å². The van der Waals surface area contributed by atoms with Crippen molar-refractivity contribution in [3.05, 3.63) is 88.6 Å². The summed E-state index contributed by atoms with van der Waals surface area (Å²) < 4.78 is 41.6. The van der Waals surface area contributed by atoms with Gasteiger partial charge in [-0.2, -0.15) is 5.26 Å². The second-order valence-corrected chi connectivity index (χ2v) is 7.45. The molecule has 0 spiro atoms. The number of esters is 1. The first kappa shape index (κ1) is 23.4. The van der Waals surface area contributed by atoms with Gasteiger partial charge in [-0.1, -0.05) is 24.3 Å². The van der Waals surface area contributed by atoms with Crippen LogP contribution < -0.4 is 29.4 Å². The molecule has 4 rings (SSSR count). The van der Waals surface area contributed by atoms with Gasteiger partial charge in [0.2, 0.25) is 11.6 Å². The van der Waals surface area contributed by atoms with Crippen LogP contribution >= 0.6 is 0 Å². The van der Waals surface area contributed by atoms with E-state index in [2.05, 4.69) is 0 Å². The van der Waals surface area contributed by atoms with Crippen molar-refractivity contribution >= 4 is 5.97 Å². The highest BCUT2D eigenvalue weighted by Crippen LogP contribution is 2.44. The zero-order valence-corrected chi connectivity index (χ0v) is 19.1. The maximum atomic E-state index is 14.6. The van der Waals surface area contributed by atoms with Crippen molar-refractivity contribution in [1.29, 1.82) is 5.26 Å². The van der Waals surface area contributed by atoms with Gasteiger partial charge in [0.1, 0.15) is 29.0 Å². The fourth-order valence-electron chi connectivity index (χ4n) is 3.89. The van der Waals surface area contributed by atoms with Gasteiger partial charge < -0.3 is 29.4 Å². The number of carbonyl (C=O) groups excluding carboxylic acids is 1. The molecule has 3 aromatic rings. The molecule has 0 fully saturated rings. The molecule has 0 saturated heterocycles. The Morgan fingerprint density at radius 1 is 1.00 bits per heavy atom. The molecule has 0 aromatic heterocycles. The number of halogens is 1. The molecule has 35 heavy (non-hydrogen) atoms. The third kappa shape index (κ3) is 4.29. The highest BCUT2D eigenvalue weighted by Gasteiger charge is 2.32. The second-order valence-electron chi connectivity index (χ2n) is 7.45. The third-order valence-electron chi connectivity index (χ3n) is 5.52. The number of benzene rings is 3. The van der Waals surface area contributed by atoms with Crippen molar-refractivity contribution in [2.45, 2.75) is 5.92 Å². The van der Waals surface area contributed by atoms with Crippen molar-refractivity contribution < 1.29 is 32.9 Å². The van der Waals surface area contributed by atoms with E-state index in [1.807, 2.05) is 6.07 Å². The van der Waals surface area contributed by atoms with E-state index in [-0.39, 0.29) is 34.1 Å². The van der Waals surface area contributed by atoms with Crippen LogP contribution in [-0.4, -0.2) is 27.3 Å². The van der Waals surface area contributed by atoms with E-state index in [1.54, 1.807) is 24.3 Å². The van der Waals surface area contributed by atoms with Gasteiger partial charge in [-0.15, -0.1) is 0 Å². The van der Waals surface area contributed by atoms with Gasteiger partial charge in [0.25, 0.3) is 0 Å². The molecule has 1 atom stereocenters. The van der Waals surface area contributed by atoms with Gasteiger partial charge in [0.05, 0.1) is 32.8 Å². The summed E-state index contributed by atoms with van der Waals surface area (Å²) in [7, 11) is 4.33. The minimum Gasteiger partial charge on any atom is -0.493 e. The summed E-state index contributed by atoms with van der Waals surface area (Å²) in [6, 6.07) is 15.7. The smallest absolute Gasteiger partial charge is 0.343 e. The lowest BCUT2D eigenvalue weighted by Crippen LogP contribution is -2.21. The Morgan fingerprint density at radius 3 is 2.29 bits per heavy atom. The van der Waals surface area contributed by atoms with Crippen LogP contribution in [0.4, 0.5) is 4.39 Å². The zero-order chi connectivity index (χ0) is 25.1. The molecule has 1 aliphatic heterocycles. The standard InChI is InChI=1S/C26H21FN2O6/c1-31-21-10-14(11-22(32-2)24(21)33-3)26(30)34-15-8-9-17-20(12-15)35-25(29)18(13-28)23(17)16-6-4-5-7-19(16)27/h4-12,23H,29H2,1-3H3.